The van der Waals surface area contributed by atoms with Crippen LogP contribution in [0.2, 0.25) is 0 Å². The van der Waals surface area contributed by atoms with Crippen LogP contribution in [0, 0.1) is 5.92 Å². The molecule has 0 aromatic carbocycles. The lowest BCUT2D eigenvalue weighted by Crippen LogP contribution is -2.55. The average molecular weight is 349 g/mol. The maximum absolute atomic E-state index is 13.7. The summed E-state index contributed by atoms with van der Waals surface area (Å²) in [4.78, 5) is 22.9. The first-order valence-corrected chi connectivity index (χ1v) is 8.77. The van der Waals surface area contributed by atoms with E-state index in [1.165, 1.54) is 5.01 Å². The third kappa shape index (κ3) is 3.21. The predicted octanol–water partition coefficient (Wildman–Crippen LogP) is 2.53. The van der Waals surface area contributed by atoms with E-state index < -0.39 is 12.3 Å². The number of carbonyl (C=O) groups excluding carboxylic acids is 1. The van der Waals surface area contributed by atoms with Crippen LogP contribution in [0.5, 0.6) is 0 Å². The molecule has 0 radical (unpaired) electrons. The maximum atomic E-state index is 13.7. The summed E-state index contributed by atoms with van der Waals surface area (Å²) in [6, 6.07) is 1.33. The molecule has 1 saturated carbocycles. The fourth-order valence-corrected chi connectivity index (χ4v) is 4.01. The van der Waals surface area contributed by atoms with E-state index in [9.17, 15) is 13.6 Å². The van der Waals surface area contributed by atoms with E-state index >= 15 is 0 Å². The topological polar surface area (TPSA) is 61.7 Å². The minimum Gasteiger partial charge on any atom is -0.322 e. The number of aromatic nitrogens is 2. The molecule has 1 aromatic rings. The van der Waals surface area contributed by atoms with Crippen LogP contribution in [-0.2, 0) is 0 Å². The minimum absolute atomic E-state index is 0.0249. The van der Waals surface area contributed by atoms with Gasteiger partial charge >= 0.3 is 6.03 Å². The van der Waals surface area contributed by atoms with Crippen LogP contribution in [0.15, 0.2) is 23.6 Å². The highest BCUT2D eigenvalue weighted by Gasteiger charge is 2.43. The van der Waals surface area contributed by atoms with Gasteiger partial charge in [-0.25, -0.2) is 28.6 Å². The Kier molecular flexibility index (Phi) is 4.35. The monoisotopic (exact) mass is 349 g/mol. The molecule has 1 aromatic heterocycles. The van der Waals surface area contributed by atoms with Crippen LogP contribution in [0.3, 0.4) is 0 Å². The predicted molar refractivity (Wildman–Crippen MR) is 87.6 cm³/mol. The fraction of sp³-hybridized carbons (Fsp3) is 0.647. The SMILES string of the molecule is O=C(N1CC(c2ncccn2)C1)N1N=CC[C@H]1C1CC(F)CC(F)C1. The lowest BCUT2D eigenvalue weighted by atomic mass is 9.81. The van der Waals surface area contributed by atoms with E-state index in [4.69, 9.17) is 0 Å². The number of hydrogen-bond acceptors (Lipinski definition) is 4. The fourth-order valence-electron chi connectivity index (χ4n) is 4.01. The zero-order valence-electron chi connectivity index (χ0n) is 13.8. The molecular formula is C17H21F2N5O. The van der Waals surface area contributed by atoms with Gasteiger partial charge in [0, 0.05) is 44.5 Å². The number of hydrazone groups is 1. The van der Waals surface area contributed by atoms with Crippen molar-refractivity contribution in [1.29, 1.82) is 0 Å². The van der Waals surface area contributed by atoms with Gasteiger partial charge in [-0.15, -0.1) is 0 Å². The van der Waals surface area contributed by atoms with Gasteiger partial charge in [-0.3, -0.25) is 0 Å². The molecule has 6 nitrogen and oxygen atoms in total. The first-order chi connectivity index (χ1) is 12.1. The Hall–Kier alpha value is -2.12. The highest BCUT2D eigenvalue weighted by Crippen LogP contribution is 2.36. The number of nitrogens with zero attached hydrogens (tertiary/aromatic N) is 5. The number of hydrogen-bond donors (Lipinski definition) is 0. The molecule has 8 heteroatoms. The van der Waals surface area contributed by atoms with Gasteiger partial charge in [0.1, 0.15) is 18.2 Å². The molecule has 0 N–H and O–H groups in total. The largest absolute Gasteiger partial charge is 0.340 e. The highest BCUT2D eigenvalue weighted by molar-refractivity contribution is 5.79. The van der Waals surface area contributed by atoms with Crippen molar-refractivity contribution < 1.29 is 13.6 Å². The van der Waals surface area contributed by atoms with Crippen LogP contribution in [-0.4, -0.2) is 63.6 Å². The normalized spacial score (nSPS) is 32.7. The average Bonchev–Trinajstić information content (AvgIpc) is 3.03. The Morgan fingerprint density at radius 1 is 1.08 bits per heavy atom. The molecule has 25 heavy (non-hydrogen) atoms. The standard InChI is InChI=1S/C17H21F2N5O/c18-13-6-11(7-14(19)8-13)15-2-5-22-24(15)17(25)23-9-12(10-23)16-20-3-1-4-21-16/h1,3-5,11-15H,2,6-10H2/t11?,13?,14?,15-/m0/s1. The van der Waals surface area contributed by atoms with Crippen molar-refractivity contribution in [3.05, 3.63) is 24.3 Å². The molecule has 2 unspecified atom stereocenters. The van der Waals surface area contributed by atoms with Crippen LogP contribution in [0.4, 0.5) is 13.6 Å². The van der Waals surface area contributed by atoms with Gasteiger partial charge in [-0.2, -0.15) is 5.10 Å². The summed E-state index contributed by atoms with van der Waals surface area (Å²) in [7, 11) is 0. The van der Waals surface area contributed by atoms with Gasteiger partial charge in [0.25, 0.3) is 0 Å². The second kappa shape index (κ2) is 6.65. The molecule has 134 valence electrons. The summed E-state index contributed by atoms with van der Waals surface area (Å²) < 4.78 is 27.5. The number of carbonyl (C=O) groups is 1. The van der Waals surface area contributed by atoms with Crippen molar-refractivity contribution in [3.63, 3.8) is 0 Å². The van der Waals surface area contributed by atoms with Gasteiger partial charge in [-0.1, -0.05) is 0 Å². The van der Waals surface area contributed by atoms with E-state index in [1.54, 1.807) is 29.6 Å². The van der Waals surface area contributed by atoms with Gasteiger partial charge in [0.2, 0.25) is 0 Å². The molecular weight excluding hydrogens is 328 g/mol. The van der Waals surface area contributed by atoms with E-state index in [0.717, 1.165) is 5.82 Å². The zero-order valence-corrected chi connectivity index (χ0v) is 13.8. The van der Waals surface area contributed by atoms with Crippen molar-refractivity contribution in [2.75, 3.05) is 13.1 Å². The molecule has 1 aliphatic carbocycles. The van der Waals surface area contributed by atoms with Crippen molar-refractivity contribution in [2.24, 2.45) is 11.0 Å². The Bertz CT molecular complexity index is 642. The van der Waals surface area contributed by atoms with Crippen LogP contribution in [0.25, 0.3) is 0 Å². The van der Waals surface area contributed by atoms with Gasteiger partial charge in [0.05, 0.1) is 12.0 Å². The number of halogens is 2. The molecule has 2 aliphatic heterocycles. The van der Waals surface area contributed by atoms with E-state index in [-0.39, 0.29) is 30.3 Å². The van der Waals surface area contributed by atoms with Crippen molar-refractivity contribution >= 4 is 12.2 Å². The second-order valence-corrected chi connectivity index (χ2v) is 7.10. The summed E-state index contributed by atoms with van der Waals surface area (Å²) in [5, 5.41) is 5.61. The van der Waals surface area contributed by atoms with E-state index in [1.807, 2.05) is 0 Å². The van der Waals surface area contributed by atoms with Gasteiger partial charge < -0.3 is 4.90 Å². The molecule has 2 amide bonds. The number of likely N-dealkylation sites (tertiary alicyclic amines) is 1. The minimum atomic E-state index is -1.13. The van der Waals surface area contributed by atoms with Crippen molar-refractivity contribution in [3.8, 4) is 0 Å². The lowest BCUT2D eigenvalue weighted by molar-refractivity contribution is 0.0533. The number of alkyl halides is 2. The molecule has 1 saturated heterocycles. The molecule has 3 aliphatic rings. The van der Waals surface area contributed by atoms with Gasteiger partial charge in [-0.05, 0) is 24.8 Å². The van der Waals surface area contributed by atoms with Crippen LogP contribution >= 0.6 is 0 Å². The number of amides is 2. The number of urea groups is 1. The van der Waals surface area contributed by atoms with Gasteiger partial charge in [0.15, 0.2) is 0 Å². The molecule has 2 fully saturated rings. The summed E-state index contributed by atoms with van der Waals surface area (Å²) >= 11 is 0. The Balaban J connectivity index is 1.38. The summed E-state index contributed by atoms with van der Waals surface area (Å²) in [6.45, 7) is 1.09. The van der Waals surface area contributed by atoms with E-state index in [2.05, 4.69) is 15.1 Å². The van der Waals surface area contributed by atoms with E-state index in [0.29, 0.717) is 32.4 Å². The summed E-state index contributed by atoms with van der Waals surface area (Å²) in [5.74, 6) is 0.691. The molecule has 3 atom stereocenters. The second-order valence-electron chi connectivity index (χ2n) is 7.10. The lowest BCUT2D eigenvalue weighted by Gasteiger charge is -2.42. The molecule has 0 bridgehead atoms. The molecule has 0 spiro atoms. The Morgan fingerprint density at radius 2 is 1.76 bits per heavy atom. The van der Waals surface area contributed by atoms with Crippen molar-refractivity contribution in [1.82, 2.24) is 19.9 Å². The van der Waals surface area contributed by atoms with Crippen molar-refractivity contribution in [2.45, 2.75) is 50.0 Å². The molecule has 3 heterocycles. The summed E-state index contributed by atoms with van der Waals surface area (Å²) in [6.07, 6.45) is 3.95. The first kappa shape index (κ1) is 16.4. The maximum Gasteiger partial charge on any atom is 0.340 e. The Labute approximate surface area is 144 Å². The van der Waals surface area contributed by atoms with Crippen LogP contribution < -0.4 is 0 Å². The number of rotatable bonds is 2. The molecule has 4 rings (SSSR count). The van der Waals surface area contributed by atoms with Crippen LogP contribution in [0.1, 0.15) is 37.4 Å². The quantitative estimate of drug-likeness (QED) is 0.824. The third-order valence-corrected chi connectivity index (χ3v) is 5.34. The smallest absolute Gasteiger partial charge is 0.322 e. The first-order valence-electron chi connectivity index (χ1n) is 8.77. The zero-order chi connectivity index (χ0) is 17.4. The summed E-state index contributed by atoms with van der Waals surface area (Å²) in [5.41, 5.74) is 0. The Morgan fingerprint density at radius 3 is 2.44 bits per heavy atom. The third-order valence-electron chi connectivity index (χ3n) is 5.34. The highest BCUT2D eigenvalue weighted by atomic mass is 19.1.